The van der Waals surface area contributed by atoms with E-state index in [1.807, 2.05) is 13.1 Å². The largest absolute Gasteiger partial charge is 0.468 e. The lowest BCUT2D eigenvalue weighted by Crippen LogP contribution is -2.25. The van der Waals surface area contributed by atoms with Crippen molar-refractivity contribution in [3.8, 4) is 0 Å². The summed E-state index contributed by atoms with van der Waals surface area (Å²) in [6.45, 7) is 11.9. The molecule has 0 bridgehead atoms. The number of likely N-dealkylation sites (N-methyl/N-ethyl adjacent to an activating group) is 1. The molecule has 1 rings (SSSR count). The van der Waals surface area contributed by atoms with Crippen molar-refractivity contribution >= 4 is 0 Å². The van der Waals surface area contributed by atoms with Crippen LogP contribution in [0.5, 0.6) is 0 Å². The molecule has 0 unspecified atom stereocenters. The minimum Gasteiger partial charge on any atom is -0.468 e. The lowest BCUT2D eigenvalue weighted by Gasteiger charge is -2.20. The van der Waals surface area contributed by atoms with E-state index in [0.29, 0.717) is 0 Å². The van der Waals surface area contributed by atoms with Crippen LogP contribution in [0.2, 0.25) is 0 Å². The van der Waals surface area contributed by atoms with Crippen molar-refractivity contribution in [2.75, 3.05) is 20.1 Å². The number of nitrogens with one attached hydrogen (secondary N) is 1. The van der Waals surface area contributed by atoms with E-state index in [1.165, 1.54) is 11.1 Å². The first-order chi connectivity index (χ1) is 7.67. The van der Waals surface area contributed by atoms with Crippen molar-refractivity contribution in [1.82, 2.24) is 10.2 Å². The van der Waals surface area contributed by atoms with Crippen LogP contribution < -0.4 is 5.32 Å². The van der Waals surface area contributed by atoms with Gasteiger partial charge in [-0.05, 0) is 26.6 Å². The third-order valence-electron chi connectivity index (χ3n) is 2.51. The third-order valence-corrected chi connectivity index (χ3v) is 2.51. The third kappa shape index (κ3) is 3.83. The standard InChI is InChI=1S/C13H22N2O/c1-5-15(9-11(2)3)10-12-6-7-16-13(12)8-14-4/h6-7,14H,2,5,8-10H2,1,3-4H3. The smallest absolute Gasteiger partial charge is 0.122 e. The van der Waals surface area contributed by atoms with E-state index in [0.717, 1.165) is 31.9 Å². The minimum atomic E-state index is 0.785. The van der Waals surface area contributed by atoms with E-state index < -0.39 is 0 Å². The van der Waals surface area contributed by atoms with Gasteiger partial charge in [0.2, 0.25) is 0 Å². The van der Waals surface area contributed by atoms with Gasteiger partial charge in [0.25, 0.3) is 0 Å². The van der Waals surface area contributed by atoms with Gasteiger partial charge in [-0.2, -0.15) is 0 Å². The maximum absolute atomic E-state index is 5.44. The lowest BCUT2D eigenvalue weighted by molar-refractivity contribution is 0.301. The van der Waals surface area contributed by atoms with Crippen molar-refractivity contribution in [2.24, 2.45) is 0 Å². The molecule has 0 saturated carbocycles. The van der Waals surface area contributed by atoms with Crippen LogP contribution in [0.4, 0.5) is 0 Å². The van der Waals surface area contributed by atoms with Gasteiger partial charge in [-0.3, -0.25) is 4.90 Å². The molecule has 1 heterocycles. The molecule has 0 aliphatic carbocycles. The molecule has 16 heavy (non-hydrogen) atoms. The van der Waals surface area contributed by atoms with E-state index >= 15 is 0 Å². The number of rotatable bonds is 7. The highest BCUT2D eigenvalue weighted by molar-refractivity contribution is 5.17. The van der Waals surface area contributed by atoms with E-state index in [9.17, 15) is 0 Å². The Hall–Kier alpha value is -1.06. The molecule has 1 aromatic heterocycles. The van der Waals surface area contributed by atoms with Crippen LogP contribution in [0.15, 0.2) is 28.9 Å². The molecule has 0 amide bonds. The average molecular weight is 222 g/mol. The van der Waals surface area contributed by atoms with Gasteiger partial charge in [0.05, 0.1) is 12.8 Å². The first-order valence-corrected chi connectivity index (χ1v) is 5.74. The van der Waals surface area contributed by atoms with E-state index in [-0.39, 0.29) is 0 Å². The summed E-state index contributed by atoms with van der Waals surface area (Å²) in [6, 6.07) is 2.05. The Labute approximate surface area is 98.1 Å². The summed E-state index contributed by atoms with van der Waals surface area (Å²) in [5.74, 6) is 1.03. The first-order valence-electron chi connectivity index (χ1n) is 5.74. The van der Waals surface area contributed by atoms with Gasteiger partial charge in [-0.15, -0.1) is 0 Å². The Morgan fingerprint density at radius 1 is 1.56 bits per heavy atom. The van der Waals surface area contributed by atoms with Crippen LogP contribution in [0.25, 0.3) is 0 Å². The summed E-state index contributed by atoms with van der Waals surface area (Å²) in [6.07, 6.45) is 1.76. The topological polar surface area (TPSA) is 28.4 Å². The lowest BCUT2D eigenvalue weighted by atomic mass is 10.2. The fraction of sp³-hybridized carbons (Fsp3) is 0.538. The fourth-order valence-corrected chi connectivity index (χ4v) is 1.73. The van der Waals surface area contributed by atoms with Crippen molar-refractivity contribution in [3.63, 3.8) is 0 Å². The molecule has 3 nitrogen and oxygen atoms in total. The van der Waals surface area contributed by atoms with Gasteiger partial charge in [-0.1, -0.05) is 19.1 Å². The van der Waals surface area contributed by atoms with Crippen LogP contribution in [0.1, 0.15) is 25.2 Å². The Morgan fingerprint density at radius 2 is 2.31 bits per heavy atom. The molecule has 0 fully saturated rings. The van der Waals surface area contributed by atoms with Gasteiger partial charge >= 0.3 is 0 Å². The second kappa shape index (κ2) is 6.51. The first kappa shape index (κ1) is 13.0. The van der Waals surface area contributed by atoms with Crippen molar-refractivity contribution in [1.29, 1.82) is 0 Å². The van der Waals surface area contributed by atoms with E-state index in [4.69, 9.17) is 4.42 Å². The minimum absolute atomic E-state index is 0.785. The molecular weight excluding hydrogens is 200 g/mol. The fourth-order valence-electron chi connectivity index (χ4n) is 1.73. The highest BCUT2D eigenvalue weighted by Crippen LogP contribution is 2.13. The molecule has 0 aliphatic rings. The number of hydrogen-bond acceptors (Lipinski definition) is 3. The second-order valence-electron chi connectivity index (χ2n) is 4.16. The summed E-state index contributed by atoms with van der Waals surface area (Å²) >= 11 is 0. The molecule has 90 valence electrons. The normalized spacial score (nSPS) is 11.0. The summed E-state index contributed by atoms with van der Waals surface area (Å²) in [5, 5.41) is 3.11. The van der Waals surface area contributed by atoms with Gasteiger partial charge in [0, 0.05) is 18.7 Å². The molecular formula is C13H22N2O. The molecule has 0 aliphatic heterocycles. The summed E-state index contributed by atoms with van der Waals surface area (Å²) in [5.41, 5.74) is 2.46. The van der Waals surface area contributed by atoms with Crippen molar-refractivity contribution in [3.05, 3.63) is 35.8 Å². The van der Waals surface area contributed by atoms with Gasteiger partial charge < -0.3 is 9.73 Å². The molecule has 0 aromatic carbocycles. The van der Waals surface area contributed by atoms with Crippen molar-refractivity contribution in [2.45, 2.75) is 26.9 Å². The highest BCUT2D eigenvalue weighted by atomic mass is 16.3. The maximum Gasteiger partial charge on any atom is 0.122 e. The molecule has 1 aromatic rings. The Bertz CT molecular complexity index is 330. The monoisotopic (exact) mass is 222 g/mol. The zero-order valence-electron chi connectivity index (χ0n) is 10.5. The van der Waals surface area contributed by atoms with Crippen LogP contribution >= 0.6 is 0 Å². The zero-order valence-corrected chi connectivity index (χ0v) is 10.5. The van der Waals surface area contributed by atoms with Crippen LogP contribution in [-0.4, -0.2) is 25.0 Å². The number of nitrogens with zero attached hydrogens (tertiary/aromatic N) is 1. The maximum atomic E-state index is 5.44. The SMILES string of the molecule is C=C(C)CN(CC)Cc1ccoc1CNC. The van der Waals surface area contributed by atoms with E-state index in [2.05, 4.69) is 30.6 Å². The highest BCUT2D eigenvalue weighted by Gasteiger charge is 2.09. The molecule has 0 saturated heterocycles. The van der Waals surface area contributed by atoms with Gasteiger partial charge in [0.1, 0.15) is 5.76 Å². The average Bonchev–Trinajstić information content (AvgIpc) is 2.65. The number of hydrogen-bond donors (Lipinski definition) is 1. The van der Waals surface area contributed by atoms with Crippen molar-refractivity contribution < 1.29 is 4.42 Å². The summed E-state index contributed by atoms with van der Waals surface area (Å²) in [7, 11) is 1.93. The quantitative estimate of drug-likeness (QED) is 0.718. The van der Waals surface area contributed by atoms with Crippen LogP contribution in [0, 0.1) is 0 Å². The Morgan fingerprint density at radius 3 is 2.88 bits per heavy atom. The molecule has 0 radical (unpaired) electrons. The van der Waals surface area contributed by atoms with Gasteiger partial charge in [-0.25, -0.2) is 0 Å². The van der Waals surface area contributed by atoms with E-state index in [1.54, 1.807) is 6.26 Å². The van der Waals surface area contributed by atoms with Crippen LogP contribution in [-0.2, 0) is 13.1 Å². The molecule has 1 N–H and O–H groups in total. The zero-order chi connectivity index (χ0) is 12.0. The van der Waals surface area contributed by atoms with Crippen LogP contribution in [0.3, 0.4) is 0 Å². The molecule has 3 heteroatoms. The molecule has 0 atom stereocenters. The number of furan rings is 1. The van der Waals surface area contributed by atoms with Gasteiger partial charge in [0.15, 0.2) is 0 Å². The molecule has 0 spiro atoms. The summed E-state index contributed by atoms with van der Waals surface area (Å²) in [4.78, 5) is 2.35. The Kier molecular flexibility index (Phi) is 5.29. The Balaban J connectivity index is 2.62. The predicted molar refractivity (Wildman–Crippen MR) is 67.2 cm³/mol. The summed E-state index contributed by atoms with van der Waals surface area (Å²) < 4.78 is 5.44. The second-order valence-corrected chi connectivity index (χ2v) is 4.16. The predicted octanol–water partition coefficient (Wildman–Crippen LogP) is 2.40.